The van der Waals surface area contributed by atoms with Crippen LogP contribution in [0, 0.1) is 20.2 Å². The van der Waals surface area contributed by atoms with Gasteiger partial charge in [0.1, 0.15) is 0 Å². The molecule has 0 spiro atoms. The number of benzene rings is 1. The van der Waals surface area contributed by atoms with E-state index in [1.54, 1.807) is 10.6 Å². The van der Waals surface area contributed by atoms with Crippen molar-refractivity contribution >= 4 is 46.5 Å². The third-order valence-corrected chi connectivity index (χ3v) is 2.39. The Balaban J connectivity index is 3.52. The molecule has 0 heterocycles. The molecule has 1 rings (SSSR count). The summed E-state index contributed by atoms with van der Waals surface area (Å²) in [5.74, 6) is -7.34. The summed E-state index contributed by atoms with van der Waals surface area (Å²) in [6.45, 7) is 0. The number of nitro benzene ring substituents is 2. The first-order chi connectivity index (χ1) is 11.0. The SMILES string of the molecule is O=C(O)C(=O)Nc1cc([N+](=O)[O-])c([N+](=O)[O-])cc1NC(=O)C(=O)O. The lowest BCUT2D eigenvalue weighted by Gasteiger charge is -2.10. The zero-order chi connectivity index (χ0) is 18.6. The van der Waals surface area contributed by atoms with Gasteiger partial charge in [-0.1, -0.05) is 0 Å². The topological polar surface area (TPSA) is 219 Å². The second-order valence-corrected chi connectivity index (χ2v) is 3.92. The third kappa shape index (κ3) is 3.97. The maximum Gasteiger partial charge on any atom is 0.394 e. The van der Waals surface area contributed by atoms with Crippen LogP contribution in [0.4, 0.5) is 22.7 Å². The van der Waals surface area contributed by atoms with E-state index < -0.39 is 56.3 Å². The molecule has 24 heavy (non-hydrogen) atoms. The largest absolute Gasteiger partial charge is 0.474 e. The average Bonchev–Trinajstić information content (AvgIpc) is 2.47. The molecule has 14 heteroatoms. The molecule has 0 bridgehead atoms. The minimum absolute atomic E-state index is 0.413. The van der Waals surface area contributed by atoms with E-state index in [4.69, 9.17) is 10.2 Å². The normalized spacial score (nSPS) is 9.67. The van der Waals surface area contributed by atoms with Gasteiger partial charge in [0.25, 0.3) is 0 Å². The number of carbonyl (C=O) groups excluding carboxylic acids is 2. The first-order valence-electron chi connectivity index (χ1n) is 5.60. The summed E-state index contributed by atoms with van der Waals surface area (Å²) < 4.78 is 0. The molecule has 0 saturated heterocycles. The Morgan fingerprint density at radius 3 is 1.29 bits per heavy atom. The van der Waals surface area contributed by atoms with Crippen LogP contribution in [0.3, 0.4) is 0 Å². The molecule has 0 radical (unpaired) electrons. The van der Waals surface area contributed by atoms with Crippen LogP contribution in [0.25, 0.3) is 0 Å². The molecule has 0 aliphatic carbocycles. The second kappa shape index (κ2) is 6.77. The number of nitrogens with one attached hydrogen (secondary N) is 2. The van der Waals surface area contributed by atoms with Crippen molar-refractivity contribution in [2.45, 2.75) is 0 Å². The molecule has 0 saturated carbocycles. The average molecular weight is 342 g/mol. The van der Waals surface area contributed by atoms with Crippen molar-refractivity contribution < 1.29 is 39.2 Å². The first-order valence-corrected chi connectivity index (χ1v) is 5.60. The van der Waals surface area contributed by atoms with E-state index in [-0.39, 0.29) is 0 Å². The van der Waals surface area contributed by atoms with Crippen LogP contribution in [-0.4, -0.2) is 43.8 Å². The number of carbonyl (C=O) groups is 4. The molecular formula is C10H6N4O10. The van der Waals surface area contributed by atoms with Crippen molar-refractivity contribution in [3.63, 3.8) is 0 Å². The molecule has 2 amide bonds. The van der Waals surface area contributed by atoms with Crippen LogP contribution >= 0.6 is 0 Å². The highest BCUT2D eigenvalue weighted by atomic mass is 16.6. The molecule has 0 aromatic heterocycles. The molecule has 0 aliphatic heterocycles. The summed E-state index contributed by atoms with van der Waals surface area (Å²) in [5.41, 5.74) is -3.66. The van der Waals surface area contributed by atoms with Gasteiger partial charge >= 0.3 is 35.1 Å². The number of anilines is 2. The van der Waals surface area contributed by atoms with E-state index in [1.165, 1.54) is 0 Å². The van der Waals surface area contributed by atoms with Crippen LogP contribution in [-0.2, 0) is 19.2 Å². The van der Waals surface area contributed by atoms with Crippen LogP contribution in [0.15, 0.2) is 12.1 Å². The Morgan fingerprint density at radius 1 is 0.792 bits per heavy atom. The van der Waals surface area contributed by atoms with Crippen molar-refractivity contribution in [1.29, 1.82) is 0 Å². The van der Waals surface area contributed by atoms with Gasteiger partial charge in [-0.25, -0.2) is 9.59 Å². The molecule has 0 atom stereocenters. The van der Waals surface area contributed by atoms with Gasteiger partial charge in [-0.3, -0.25) is 29.8 Å². The van der Waals surface area contributed by atoms with Crippen molar-refractivity contribution in [2.24, 2.45) is 0 Å². The van der Waals surface area contributed by atoms with Gasteiger partial charge in [0.2, 0.25) is 0 Å². The minimum atomic E-state index is -1.99. The van der Waals surface area contributed by atoms with Gasteiger partial charge in [-0.15, -0.1) is 0 Å². The lowest BCUT2D eigenvalue weighted by molar-refractivity contribution is -0.422. The zero-order valence-electron chi connectivity index (χ0n) is 11.2. The number of aliphatic carboxylic acids is 2. The zero-order valence-corrected chi connectivity index (χ0v) is 11.2. The standard InChI is InChI=1S/C10H6N4O10/c15-7(9(17)18)11-3-1-5(13(21)22)6(14(23)24)2-4(3)12-8(16)10(19)20/h1-2H,(H,11,15)(H,12,16)(H,17,18)(H,19,20). The molecule has 0 unspecified atom stereocenters. The van der Waals surface area contributed by atoms with Crippen LogP contribution in [0.2, 0.25) is 0 Å². The van der Waals surface area contributed by atoms with E-state index >= 15 is 0 Å². The molecule has 0 fully saturated rings. The summed E-state index contributed by atoms with van der Waals surface area (Å²) in [7, 11) is 0. The van der Waals surface area contributed by atoms with Gasteiger partial charge in [0.05, 0.1) is 21.2 Å². The van der Waals surface area contributed by atoms with Crippen LogP contribution in [0.1, 0.15) is 0 Å². The Morgan fingerprint density at radius 2 is 1.08 bits per heavy atom. The summed E-state index contributed by atoms with van der Waals surface area (Å²) in [5, 5.41) is 41.9. The highest BCUT2D eigenvalue weighted by Gasteiger charge is 2.29. The summed E-state index contributed by atoms with van der Waals surface area (Å²) in [6.07, 6.45) is 0. The van der Waals surface area contributed by atoms with E-state index in [9.17, 15) is 39.4 Å². The van der Waals surface area contributed by atoms with Crippen molar-refractivity contribution in [2.75, 3.05) is 10.6 Å². The number of carboxylic acid groups (broad SMARTS) is 2. The van der Waals surface area contributed by atoms with Crippen molar-refractivity contribution in [3.8, 4) is 0 Å². The Labute approximate surface area is 130 Å². The Hall–Kier alpha value is -4.10. The van der Waals surface area contributed by atoms with Crippen LogP contribution in [0.5, 0.6) is 0 Å². The van der Waals surface area contributed by atoms with Gasteiger partial charge in [-0.2, -0.15) is 0 Å². The predicted octanol–water partition coefficient (Wildman–Crippen LogP) is -0.451. The number of carboxylic acids is 2. The number of hydrogen-bond acceptors (Lipinski definition) is 8. The molecule has 14 nitrogen and oxygen atoms in total. The van der Waals surface area contributed by atoms with E-state index in [0.717, 1.165) is 0 Å². The molecule has 1 aromatic carbocycles. The van der Waals surface area contributed by atoms with Gasteiger partial charge in [-0.05, 0) is 0 Å². The molecule has 0 aliphatic rings. The molecular weight excluding hydrogens is 336 g/mol. The molecule has 4 N–H and O–H groups in total. The van der Waals surface area contributed by atoms with Gasteiger partial charge in [0.15, 0.2) is 0 Å². The lowest BCUT2D eigenvalue weighted by Crippen LogP contribution is -2.25. The number of hydrogen-bond donors (Lipinski definition) is 4. The number of amides is 2. The number of rotatable bonds is 4. The van der Waals surface area contributed by atoms with Crippen molar-refractivity contribution in [3.05, 3.63) is 32.4 Å². The summed E-state index contributed by atoms with van der Waals surface area (Å²) in [6, 6.07) is 0.826. The first kappa shape index (κ1) is 18.0. The predicted molar refractivity (Wildman–Crippen MR) is 72.3 cm³/mol. The second-order valence-electron chi connectivity index (χ2n) is 3.92. The number of nitrogens with zero attached hydrogens (tertiary/aromatic N) is 2. The van der Waals surface area contributed by atoms with E-state index in [0.29, 0.717) is 12.1 Å². The lowest BCUT2D eigenvalue weighted by atomic mass is 10.2. The fourth-order valence-corrected chi connectivity index (χ4v) is 1.43. The molecule has 1 aromatic rings. The highest BCUT2D eigenvalue weighted by Crippen LogP contribution is 2.36. The fraction of sp³-hybridized carbons (Fsp3) is 0. The maximum absolute atomic E-state index is 11.1. The van der Waals surface area contributed by atoms with Gasteiger partial charge < -0.3 is 20.8 Å². The van der Waals surface area contributed by atoms with E-state index in [2.05, 4.69) is 0 Å². The smallest absolute Gasteiger partial charge is 0.394 e. The van der Waals surface area contributed by atoms with Gasteiger partial charge in [0, 0.05) is 12.1 Å². The summed E-state index contributed by atoms with van der Waals surface area (Å²) in [4.78, 5) is 62.6. The maximum atomic E-state index is 11.1. The monoisotopic (exact) mass is 342 g/mol. The minimum Gasteiger partial charge on any atom is -0.474 e. The summed E-state index contributed by atoms with van der Waals surface area (Å²) >= 11 is 0. The third-order valence-electron chi connectivity index (χ3n) is 2.39. The van der Waals surface area contributed by atoms with Crippen molar-refractivity contribution in [1.82, 2.24) is 0 Å². The van der Waals surface area contributed by atoms with Crippen LogP contribution < -0.4 is 10.6 Å². The quantitative estimate of drug-likeness (QED) is 0.313. The Bertz CT molecular complexity index is 721. The Kier molecular flexibility index (Phi) is 5.07. The van der Waals surface area contributed by atoms with E-state index in [1.807, 2.05) is 0 Å². The molecule has 126 valence electrons. The number of nitro groups is 2. The fourth-order valence-electron chi connectivity index (χ4n) is 1.43. The highest BCUT2D eigenvalue weighted by molar-refractivity contribution is 6.38.